The number of amides is 1. The molecule has 3 aromatic rings. The number of oxazole rings is 1. The van der Waals surface area contributed by atoms with Gasteiger partial charge in [0, 0.05) is 11.6 Å². The molecule has 114 valence electrons. The van der Waals surface area contributed by atoms with E-state index in [4.69, 9.17) is 4.42 Å². The monoisotopic (exact) mass is 304 g/mol. The van der Waals surface area contributed by atoms with Crippen LogP contribution in [0, 0.1) is 6.92 Å². The SMILES string of the molecule is Cc1ccc(-c2coc(NC(=O)/C=C/c3ccccc3)n2)cc1. The molecule has 0 radical (unpaired) electrons. The van der Waals surface area contributed by atoms with Crippen molar-refractivity contribution in [3.63, 3.8) is 0 Å². The number of carbonyl (C=O) groups excluding carboxylic acids is 1. The lowest BCUT2D eigenvalue weighted by Gasteiger charge is -1.96. The number of nitrogens with zero attached hydrogens (tertiary/aromatic N) is 1. The van der Waals surface area contributed by atoms with Gasteiger partial charge < -0.3 is 4.42 Å². The molecule has 2 aromatic carbocycles. The van der Waals surface area contributed by atoms with E-state index in [0.717, 1.165) is 11.1 Å². The Balaban J connectivity index is 1.66. The minimum absolute atomic E-state index is 0.184. The van der Waals surface area contributed by atoms with Crippen LogP contribution in [-0.2, 0) is 4.79 Å². The summed E-state index contributed by atoms with van der Waals surface area (Å²) in [5, 5.41) is 2.61. The Kier molecular flexibility index (Phi) is 4.34. The minimum Gasteiger partial charge on any atom is -0.431 e. The first-order valence-corrected chi connectivity index (χ1v) is 7.27. The van der Waals surface area contributed by atoms with Gasteiger partial charge in [-0.15, -0.1) is 0 Å². The summed E-state index contributed by atoms with van der Waals surface area (Å²) in [6, 6.07) is 17.7. The molecule has 0 saturated heterocycles. The molecule has 1 aromatic heterocycles. The Morgan fingerprint density at radius 2 is 1.83 bits per heavy atom. The summed E-state index contributed by atoms with van der Waals surface area (Å²) < 4.78 is 5.30. The average Bonchev–Trinajstić information content (AvgIpc) is 3.03. The maximum atomic E-state index is 11.9. The number of hydrogen-bond donors (Lipinski definition) is 1. The van der Waals surface area contributed by atoms with Crippen molar-refractivity contribution in [1.29, 1.82) is 0 Å². The first-order chi connectivity index (χ1) is 11.2. The predicted molar refractivity (Wildman–Crippen MR) is 90.8 cm³/mol. The van der Waals surface area contributed by atoms with Crippen LogP contribution in [0.2, 0.25) is 0 Å². The van der Waals surface area contributed by atoms with Crippen molar-refractivity contribution in [2.45, 2.75) is 6.92 Å². The van der Waals surface area contributed by atoms with Crippen molar-refractivity contribution >= 4 is 18.0 Å². The van der Waals surface area contributed by atoms with Gasteiger partial charge in [0.1, 0.15) is 12.0 Å². The molecule has 0 atom stereocenters. The van der Waals surface area contributed by atoms with E-state index in [2.05, 4.69) is 10.3 Å². The van der Waals surface area contributed by atoms with Gasteiger partial charge in [-0.3, -0.25) is 10.1 Å². The third-order valence-corrected chi connectivity index (χ3v) is 3.31. The molecule has 0 fully saturated rings. The predicted octanol–water partition coefficient (Wildman–Crippen LogP) is 4.30. The smallest absolute Gasteiger partial charge is 0.302 e. The molecule has 1 N–H and O–H groups in total. The van der Waals surface area contributed by atoms with Crippen LogP contribution in [0.15, 0.2) is 71.4 Å². The minimum atomic E-state index is -0.286. The maximum absolute atomic E-state index is 11.9. The Bertz CT molecular complexity index is 818. The van der Waals surface area contributed by atoms with Crippen LogP contribution < -0.4 is 5.32 Å². The summed E-state index contributed by atoms with van der Waals surface area (Å²) in [7, 11) is 0. The van der Waals surface area contributed by atoms with E-state index < -0.39 is 0 Å². The molecule has 0 spiro atoms. The molecule has 0 bridgehead atoms. The van der Waals surface area contributed by atoms with Crippen LogP contribution in [0.1, 0.15) is 11.1 Å². The summed E-state index contributed by atoms with van der Waals surface area (Å²) in [5.74, 6) is -0.286. The van der Waals surface area contributed by atoms with E-state index in [1.807, 2.05) is 61.5 Å². The molecule has 0 aliphatic heterocycles. The van der Waals surface area contributed by atoms with Crippen LogP contribution in [-0.4, -0.2) is 10.9 Å². The fraction of sp³-hybridized carbons (Fsp3) is 0.0526. The Morgan fingerprint density at radius 3 is 2.57 bits per heavy atom. The van der Waals surface area contributed by atoms with Crippen molar-refractivity contribution in [1.82, 2.24) is 4.98 Å². The number of nitrogens with one attached hydrogen (secondary N) is 1. The number of benzene rings is 2. The lowest BCUT2D eigenvalue weighted by atomic mass is 10.1. The molecule has 3 rings (SSSR count). The summed E-state index contributed by atoms with van der Waals surface area (Å²) in [5.41, 5.74) is 3.76. The highest BCUT2D eigenvalue weighted by molar-refractivity contribution is 6.00. The van der Waals surface area contributed by atoms with Crippen molar-refractivity contribution in [2.24, 2.45) is 0 Å². The van der Waals surface area contributed by atoms with E-state index in [-0.39, 0.29) is 11.9 Å². The van der Waals surface area contributed by atoms with Gasteiger partial charge in [-0.05, 0) is 18.6 Å². The van der Waals surface area contributed by atoms with Gasteiger partial charge in [0.05, 0.1) is 0 Å². The zero-order chi connectivity index (χ0) is 16.1. The third kappa shape index (κ3) is 3.95. The highest BCUT2D eigenvalue weighted by Crippen LogP contribution is 2.21. The molecule has 0 aliphatic carbocycles. The van der Waals surface area contributed by atoms with Gasteiger partial charge in [0.15, 0.2) is 0 Å². The first kappa shape index (κ1) is 14.8. The standard InChI is InChI=1S/C19H16N2O2/c1-14-7-10-16(11-8-14)17-13-23-19(20-17)21-18(22)12-9-15-5-3-2-4-6-15/h2-13H,1H3,(H,20,21,22)/b12-9+. The lowest BCUT2D eigenvalue weighted by molar-refractivity contribution is -0.112. The van der Waals surface area contributed by atoms with E-state index in [0.29, 0.717) is 5.69 Å². The average molecular weight is 304 g/mol. The molecule has 4 heteroatoms. The number of aryl methyl sites for hydroxylation is 1. The maximum Gasteiger partial charge on any atom is 0.302 e. The molecule has 0 aliphatic rings. The Hall–Kier alpha value is -3.14. The van der Waals surface area contributed by atoms with E-state index in [1.54, 1.807) is 6.08 Å². The van der Waals surface area contributed by atoms with Gasteiger partial charge in [0.25, 0.3) is 5.91 Å². The van der Waals surface area contributed by atoms with Crippen LogP contribution >= 0.6 is 0 Å². The van der Waals surface area contributed by atoms with E-state index in [1.165, 1.54) is 17.9 Å². The molecule has 1 heterocycles. The number of anilines is 1. The van der Waals surface area contributed by atoms with Crippen LogP contribution in [0.3, 0.4) is 0 Å². The zero-order valence-corrected chi connectivity index (χ0v) is 12.7. The van der Waals surface area contributed by atoms with Gasteiger partial charge in [0.2, 0.25) is 0 Å². The number of hydrogen-bond acceptors (Lipinski definition) is 3. The molecule has 0 unspecified atom stereocenters. The van der Waals surface area contributed by atoms with Crippen LogP contribution in [0.4, 0.5) is 6.01 Å². The van der Waals surface area contributed by atoms with Crippen LogP contribution in [0.25, 0.3) is 17.3 Å². The van der Waals surface area contributed by atoms with Crippen molar-refractivity contribution in [2.75, 3.05) is 5.32 Å². The second-order valence-corrected chi connectivity index (χ2v) is 5.14. The van der Waals surface area contributed by atoms with Gasteiger partial charge in [-0.25, -0.2) is 0 Å². The lowest BCUT2D eigenvalue weighted by Crippen LogP contribution is -2.07. The summed E-state index contributed by atoms with van der Waals surface area (Å²) >= 11 is 0. The molecular weight excluding hydrogens is 288 g/mol. The molecule has 1 amide bonds. The van der Waals surface area contributed by atoms with E-state index in [9.17, 15) is 4.79 Å². The molecule has 23 heavy (non-hydrogen) atoms. The highest BCUT2D eigenvalue weighted by Gasteiger charge is 2.07. The second-order valence-electron chi connectivity index (χ2n) is 5.14. The highest BCUT2D eigenvalue weighted by atomic mass is 16.4. The number of rotatable bonds is 4. The first-order valence-electron chi connectivity index (χ1n) is 7.27. The summed E-state index contributed by atoms with van der Waals surface area (Å²) in [6.07, 6.45) is 4.71. The van der Waals surface area contributed by atoms with E-state index >= 15 is 0 Å². The fourth-order valence-corrected chi connectivity index (χ4v) is 2.07. The van der Waals surface area contributed by atoms with Crippen molar-refractivity contribution in [3.8, 4) is 11.3 Å². The summed E-state index contributed by atoms with van der Waals surface area (Å²) in [6.45, 7) is 2.03. The third-order valence-electron chi connectivity index (χ3n) is 3.31. The molecule has 4 nitrogen and oxygen atoms in total. The van der Waals surface area contributed by atoms with Crippen LogP contribution in [0.5, 0.6) is 0 Å². The molecule has 0 saturated carbocycles. The Labute approximate surface area is 134 Å². The van der Waals surface area contributed by atoms with Gasteiger partial charge >= 0.3 is 6.01 Å². The molecular formula is C19H16N2O2. The van der Waals surface area contributed by atoms with Crippen molar-refractivity contribution < 1.29 is 9.21 Å². The zero-order valence-electron chi connectivity index (χ0n) is 12.7. The number of aromatic nitrogens is 1. The summed E-state index contributed by atoms with van der Waals surface area (Å²) in [4.78, 5) is 16.2. The van der Waals surface area contributed by atoms with Gasteiger partial charge in [-0.1, -0.05) is 60.2 Å². The quantitative estimate of drug-likeness (QED) is 0.731. The normalized spacial score (nSPS) is 10.8. The van der Waals surface area contributed by atoms with Gasteiger partial charge in [-0.2, -0.15) is 4.98 Å². The Morgan fingerprint density at radius 1 is 1.09 bits per heavy atom. The van der Waals surface area contributed by atoms with Crippen molar-refractivity contribution in [3.05, 3.63) is 78.1 Å². The second kappa shape index (κ2) is 6.75. The number of carbonyl (C=O) groups is 1. The fourth-order valence-electron chi connectivity index (χ4n) is 2.07. The topological polar surface area (TPSA) is 55.1 Å². The largest absolute Gasteiger partial charge is 0.431 e.